The van der Waals surface area contributed by atoms with E-state index in [-0.39, 0.29) is 5.84 Å². The van der Waals surface area contributed by atoms with Crippen LogP contribution >= 0.6 is 0 Å². The lowest BCUT2D eigenvalue weighted by atomic mass is 10.1. The largest absolute Gasteiger partial charge is 0.384 e. The molecule has 0 aromatic heterocycles. The molecule has 0 unspecified atom stereocenters. The molecule has 0 atom stereocenters. The van der Waals surface area contributed by atoms with Crippen LogP contribution in [0, 0.1) is 17.8 Å². The molecular formula is C9H8N2. The third-order valence-corrected chi connectivity index (χ3v) is 1.37. The zero-order valence-corrected chi connectivity index (χ0v) is 5.96. The molecule has 54 valence electrons. The molecule has 1 aromatic carbocycles. The van der Waals surface area contributed by atoms with Crippen molar-refractivity contribution in [2.75, 3.05) is 0 Å². The Bertz CT molecular complexity index is 321. The van der Waals surface area contributed by atoms with E-state index in [1.165, 1.54) is 0 Å². The first kappa shape index (κ1) is 7.36. The summed E-state index contributed by atoms with van der Waals surface area (Å²) < 4.78 is 0. The van der Waals surface area contributed by atoms with Crippen LogP contribution in [-0.2, 0) is 0 Å². The summed E-state index contributed by atoms with van der Waals surface area (Å²) in [4.78, 5) is 0. The first-order valence-electron chi connectivity index (χ1n) is 3.15. The van der Waals surface area contributed by atoms with Gasteiger partial charge in [-0.15, -0.1) is 6.42 Å². The number of hydrogen-bond acceptors (Lipinski definition) is 1. The van der Waals surface area contributed by atoms with E-state index in [0.29, 0.717) is 11.1 Å². The second kappa shape index (κ2) is 2.89. The monoisotopic (exact) mass is 144 g/mol. The van der Waals surface area contributed by atoms with Gasteiger partial charge in [0.25, 0.3) is 0 Å². The van der Waals surface area contributed by atoms with Gasteiger partial charge in [-0.05, 0) is 6.07 Å². The fourth-order valence-electron chi connectivity index (χ4n) is 0.844. The molecule has 0 aliphatic heterocycles. The van der Waals surface area contributed by atoms with Crippen molar-refractivity contribution in [1.82, 2.24) is 0 Å². The van der Waals surface area contributed by atoms with Gasteiger partial charge in [0.15, 0.2) is 0 Å². The van der Waals surface area contributed by atoms with Gasteiger partial charge in [-0.3, -0.25) is 5.41 Å². The number of amidine groups is 1. The van der Waals surface area contributed by atoms with E-state index >= 15 is 0 Å². The highest BCUT2D eigenvalue weighted by atomic mass is 14.7. The first-order valence-corrected chi connectivity index (χ1v) is 3.15. The third-order valence-electron chi connectivity index (χ3n) is 1.37. The van der Waals surface area contributed by atoms with Crippen LogP contribution in [0.4, 0.5) is 0 Å². The topological polar surface area (TPSA) is 49.9 Å². The highest BCUT2D eigenvalue weighted by Gasteiger charge is 1.99. The van der Waals surface area contributed by atoms with Crippen molar-refractivity contribution in [1.29, 1.82) is 5.41 Å². The van der Waals surface area contributed by atoms with E-state index in [0.717, 1.165) is 0 Å². The summed E-state index contributed by atoms with van der Waals surface area (Å²) in [5.74, 6) is 2.47. The van der Waals surface area contributed by atoms with E-state index < -0.39 is 0 Å². The normalized spacial score (nSPS) is 8.64. The zero-order valence-electron chi connectivity index (χ0n) is 5.96. The van der Waals surface area contributed by atoms with Crippen LogP contribution < -0.4 is 5.73 Å². The number of nitrogen functional groups attached to an aromatic ring is 1. The Balaban J connectivity index is 3.26. The van der Waals surface area contributed by atoms with Crippen molar-refractivity contribution in [3.8, 4) is 12.3 Å². The smallest absolute Gasteiger partial charge is 0.124 e. The quantitative estimate of drug-likeness (QED) is 0.344. The Morgan fingerprint density at radius 2 is 2.09 bits per heavy atom. The molecule has 1 aromatic rings. The Morgan fingerprint density at radius 1 is 1.45 bits per heavy atom. The molecule has 11 heavy (non-hydrogen) atoms. The maximum atomic E-state index is 7.16. The molecule has 0 saturated carbocycles. The first-order chi connectivity index (χ1) is 5.25. The predicted octanol–water partition coefficient (Wildman–Crippen LogP) is 0.952. The molecule has 2 heteroatoms. The van der Waals surface area contributed by atoms with E-state index in [4.69, 9.17) is 17.6 Å². The zero-order chi connectivity index (χ0) is 8.27. The van der Waals surface area contributed by atoms with Crippen LogP contribution in [0.25, 0.3) is 0 Å². The molecule has 0 heterocycles. The van der Waals surface area contributed by atoms with E-state index in [1.807, 2.05) is 6.07 Å². The van der Waals surface area contributed by atoms with Gasteiger partial charge >= 0.3 is 0 Å². The minimum atomic E-state index is 0.0125. The van der Waals surface area contributed by atoms with Crippen molar-refractivity contribution in [3.63, 3.8) is 0 Å². The third kappa shape index (κ3) is 1.39. The molecule has 0 spiro atoms. The van der Waals surface area contributed by atoms with Crippen molar-refractivity contribution in [2.45, 2.75) is 0 Å². The lowest BCUT2D eigenvalue weighted by Gasteiger charge is -1.99. The number of rotatable bonds is 1. The van der Waals surface area contributed by atoms with Gasteiger partial charge in [-0.25, -0.2) is 0 Å². The number of nitrogens with one attached hydrogen (secondary N) is 1. The fraction of sp³-hybridized carbons (Fsp3) is 0. The molecular weight excluding hydrogens is 136 g/mol. The van der Waals surface area contributed by atoms with Gasteiger partial charge < -0.3 is 5.73 Å². The maximum absolute atomic E-state index is 7.16. The van der Waals surface area contributed by atoms with Crippen LogP contribution in [0.5, 0.6) is 0 Å². The molecule has 0 saturated heterocycles. The molecule has 0 amide bonds. The number of benzene rings is 1. The molecule has 0 aliphatic carbocycles. The Hall–Kier alpha value is -1.75. The van der Waals surface area contributed by atoms with E-state index in [2.05, 4.69) is 5.92 Å². The summed E-state index contributed by atoms with van der Waals surface area (Å²) in [7, 11) is 0. The van der Waals surface area contributed by atoms with Crippen LogP contribution in [0.1, 0.15) is 11.1 Å². The number of nitrogens with two attached hydrogens (primary N) is 1. The number of hydrogen-bond donors (Lipinski definition) is 2. The van der Waals surface area contributed by atoms with Gasteiger partial charge in [-0.2, -0.15) is 0 Å². The minimum absolute atomic E-state index is 0.0125. The summed E-state index contributed by atoms with van der Waals surface area (Å²) in [5, 5.41) is 7.16. The van der Waals surface area contributed by atoms with Crippen LogP contribution in [0.2, 0.25) is 0 Å². The van der Waals surface area contributed by atoms with Gasteiger partial charge in [0.05, 0.1) is 0 Å². The van der Waals surface area contributed by atoms with Gasteiger partial charge in [0.1, 0.15) is 5.84 Å². The standard InChI is InChI=1S/C9H8N2/c1-2-7-5-3-4-6-8(7)9(10)11/h1,3-6H,(H3,10,11). The highest BCUT2D eigenvalue weighted by Crippen LogP contribution is 2.04. The SMILES string of the molecule is C#Cc1ccccc1C(=N)N. The second-order valence-corrected chi connectivity index (χ2v) is 2.10. The summed E-state index contributed by atoms with van der Waals surface area (Å²) in [6.45, 7) is 0. The predicted molar refractivity (Wildman–Crippen MR) is 45.4 cm³/mol. The molecule has 0 radical (unpaired) electrons. The van der Waals surface area contributed by atoms with Crippen molar-refractivity contribution < 1.29 is 0 Å². The lowest BCUT2D eigenvalue weighted by Crippen LogP contribution is -2.12. The Kier molecular flexibility index (Phi) is 1.93. The Labute approximate surface area is 65.6 Å². The average Bonchev–Trinajstić information content (AvgIpc) is 2.04. The average molecular weight is 144 g/mol. The summed E-state index contributed by atoms with van der Waals surface area (Å²) in [5.41, 5.74) is 6.56. The molecule has 1 rings (SSSR count). The van der Waals surface area contributed by atoms with Gasteiger partial charge in [-0.1, -0.05) is 24.1 Å². The molecule has 0 fully saturated rings. The lowest BCUT2D eigenvalue weighted by molar-refractivity contribution is 1.41. The summed E-state index contributed by atoms with van der Waals surface area (Å²) in [6.07, 6.45) is 5.19. The van der Waals surface area contributed by atoms with Crippen LogP contribution in [0.15, 0.2) is 24.3 Å². The van der Waals surface area contributed by atoms with Crippen molar-refractivity contribution >= 4 is 5.84 Å². The highest BCUT2D eigenvalue weighted by molar-refractivity contribution is 5.97. The van der Waals surface area contributed by atoms with Crippen LogP contribution in [0.3, 0.4) is 0 Å². The fourth-order valence-corrected chi connectivity index (χ4v) is 0.844. The summed E-state index contributed by atoms with van der Waals surface area (Å²) in [6, 6.07) is 7.12. The van der Waals surface area contributed by atoms with Crippen molar-refractivity contribution in [3.05, 3.63) is 35.4 Å². The van der Waals surface area contributed by atoms with Gasteiger partial charge in [0, 0.05) is 11.1 Å². The maximum Gasteiger partial charge on any atom is 0.124 e. The molecule has 2 nitrogen and oxygen atoms in total. The molecule has 0 bridgehead atoms. The molecule has 3 N–H and O–H groups in total. The molecule has 0 aliphatic rings. The van der Waals surface area contributed by atoms with Gasteiger partial charge in [0.2, 0.25) is 0 Å². The summed E-state index contributed by atoms with van der Waals surface area (Å²) >= 11 is 0. The van der Waals surface area contributed by atoms with Crippen LogP contribution in [-0.4, -0.2) is 5.84 Å². The van der Waals surface area contributed by atoms with E-state index in [1.54, 1.807) is 18.2 Å². The number of terminal acetylenes is 1. The minimum Gasteiger partial charge on any atom is -0.384 e. The second-order valence-electron chi connectivity index (χ2n) is 2.10. The Morgan fingerprint density at radius 3 is 2.55 bits per heavy atom. The van der Waals surface area contributed by atoms with Crippen molar-refractivity contribution in [2.24, 2.45) is 5.73 Å². The van der Waals surface area contributed by atoms with E-state index in [9.17, 15) is 0 Å².